The summed E-state index contributed by atoms with van der Waals surface area (Å²) in [4.78, 5) is 72.9. The van der Waals surface area contributed by atoms with Crippen LogP contribution in [-0.2, 0) is 65.4 Å². The van der Waals surface area contributed by atoms with E-state index in [1.54, 1.807) is 0 Å². The molecule has 0 radical (unpaired) electrons. The molecule has 96 heavy (non-hydrogen) atoms. The van der Waals surface area contributed by atoms with E-state index in [2.05, 4.69) is 41.5 Å². The topological polar surface area (TPSA) is 237 Å². The van der Waals surface area contributed by atoms with Crippen LogP contribution in [0.4, 0.5) is 0 Å². The molecule has 0 bridgehead atoms. The molecular formula is C77H150O17P2. The lowest BCUT2D eigenvalue weighted by molar-refractivity contribution is -0.161. The van der Waals surface area contributed by atoms with Crippen LogP contribution in [0.25, 0.3) is 0 Å². The van der Waals surface area contributed by atoms with Gasteiger partial charge in [-0.2, -0.15) is 0 Å². The lowest BCUT2D eigenvalue weighted by atomic mass is 10.0. The highest BCUT2D eigenvalue weighted by Gasteiger charge is 2.30. The van der Waals surface area contributed by atoms with Crippen LogP contribution in [0.15, 0.2) is 0 Å². The second kappa shape index (κ2) is 68.8. The second-order valence-electron chi connectivity index (χ2n) is 28.7. The second-order valence-corrected chi connectivity index (χ2v) is 31.6. The molecule has 3 N–H and O–H groups in total. The molecule has 2 unspecified atom stereocenters. The van der Waals surface area contributed by atoms with Gasteiger partial charge in [0, 0.05) is 25.7 Å². The first-order chi connectivity index (χ1) is 46.4. The van der Waals surface area contributed by atoms with Crippen molar-refractivity contribution >= 4 is 39.5 Å². The minimum Gasteiger partial charge on any atom is -0.462 e. The van der Waals surface area contributed by atoms with E-state index >= 15 is 0 Å². The number of phosphoric ester groups is 2. The van der Waals surface area contributed by atoms with E-state index in [1.165, 1.54) is 218 Å². The Kier molecular flexibility index (Phi) is 67.4. The molecule has 0 aromatic rings. The maximum Gasteiger partial charge on any atom is 0.472 e. The third kappa shape index (κ3) is 70.5. The number of hydrogen-bond acceptors (Lipinski definition) is 15. The Morgan fingerprint density at radius 3 is 0.708 bits per heavy atom. The highest BCUT2D eigenvalue weighted by Crippen LogP contribution is 2.45. The number of esters is 4. The summed E-state index contributed by atoms with van der Waals surface area (Å²) in [7, 11) is -9.91. The van der Waals surface area contributed by atoms with Crippen molar-refractivity contribution in [2.75, 3.05) is 39.6 Å². The number of hydrogen-bond donors (Lipinski definition) is 3. The quantitative estimate of drug-likeness (QED) is 0.0222. The first-order valence-corrected chi connectivity index (χ1v) is 43.0. The van der Waals surface area contributed by atoms with Gasteiger partial charge in [0.05, 0.1) is 26.4 Å². The monoisotopic (exact) mass is 1410 g/mol. The molecule has 0 aromatic heterocycles. The fraction of sp³-hybridized carbons (Fsp3) is 0.948. The third-order valence-corrected chi connectivity index (χ3v) is 19.9. The molecule has 0 spiro atoms. The Hall–Kier alpha value is -1.94. The number of rotatable bonds is 76. The summed E-state index contributed by atoms with van der Waals surface area (Å²) < 4.78 is 68.6. The Balaban J connectivity index is 5.24. The van der Waals surface area contributed by atoms with Gasteiger partial charge in [0.1, 0.15) is 19.3 Å². The number of aliphatic hydroxyl groups is 1. The number of carbonyl (C=O) groups excluding carboxylic acids is 4. The number of carbonyl (C=O) groups is 4. The van der Waals surface area contributed by atoms with Crippen LogP contribution in [0.5, 0.6) is 0 Å². The fourth-order valence-electron chi connectivity index (χ4n) is 11.8. The fourth-order valence-corrected chi connectivity index (χ4v) is 13.4. The summed E-state index contributed by atoms with van der Waals surface area (Å²) in [5, 5.41) is 10.6. The summed E-state index contributed by atoms with van der Waals surface area (Å²) in [6.07, 6.45) is 56.9. The van der Waals surface area contributed by atoms with E-state index in [-0.39, 0.29) is 25.7 Å². The van der Waals surface area contributed by atoms with Crippen LogP contribution in [-0.4, -0.2) is 96.7 Å². The van der Waals surface area contributed by atoms with Gasteiger partial charge in [-0.15, -0.1) is 0 Å². The number of ether oxygens (including phenoxy) is 4. The van der Waals surface area contributed by atoms with Gasteiger partial charge in [-0.3, -0.25) is 37.3 Å². The zero-order chi connectivity index (χ0) is 70.7. The molecule has 0 aliphatic carbocycles. The van der Waals surface area contributed by atoms with Crippen LogP contribution in [0, 0.1) is 11.8 Å². The highest BCUT2D eigenvalue weighted by molar-refractivity contribution is 7.47. The van der Waals surface area contributed by atoms with E-state index < -0.39 is 97.5 Å². The predicted octanol–water partition coefficient (Wildman–Crippen LogP) is 22.7. The molecule has 0 aliphatic heterocycles. The van der Waals surface area contributed by atoms with Gasteiger partial charge in [-0.1, -0.05) is 350 Å². The largest absolute Gasteiger partial charge is 0.472 e. The first-order valence-electron chi connectivity index (χ1n) is 40.0. The van der Waals surface area contributed by atoms with Gasteiger partial charge in [0.2, 0.25) is 0 Å². The molecule has 17 nitrogen and oxygen atoms in total. The van der Waals surface area contributed by atoms with Gasteiger partial charge in [-0.25, -0.2) is 9.13 Å². The average Bonchev–Trinajstić information content (AvgIpc) is 1.32. The van der Waals surface area contributed by atoms with E-state index in [0.717, 1.165) is 102 Å². The van der Waals surface area contributed by atoms with Crippen LogP contribution in [0.1, 0.15) is 401 Å². The molecular weight excluding hydrogens is 1260 g/mol. The summed E-state index contributed by atoms with van der Waals surface area (Å²) in [6, 6.07) is 0. The molecule has 570 valence electrons. The number of unbranched alkanes of at least 4 members (excludes halogenated alkanes) is 46. The molecule has 0 fully saturated rings. The molecule has 0 saturated heterocycles. The zero-order valence-electron chi connectivity index (χ0n) is 62.7. The van der Waals surface area contributed by atoms with Crippen molar-refractivity contribution in [2.24, 2.45) is 11.8 Å². The molecule has 5 atom stereocenters. The normalized spacial score (nSPS) is 14.0. The molecule has 0 amide bonds. The van der Waals surface area contributed by atoms with Crippen LogP contribution in [0.3, 0.4) is 0 Å². The van der Waals surface area contributed by atoms with Crippen LogP contribution >= 0.6 is 15.6 Å². The summed E-state index contributed by atoms with van der Waals surface area (Å²) in [5.74, 6) is -0.652. The van der Waals surface area contributed by atoms with Gasteiger partial charge in [0.25, 0.3) is 0 Å². The van der Waals surface area contributed by atoms with E-state index in [0.29, 0.717) is 25.7 Å². The summed E-state index contributed by atoms with van der Waals surface area (Å²) in [6.45, 7) is 9.55. The minimum atomic E-state index is -4.96. The predicted molar refractivity (Wildman–Crippen MR) is 391 cm³/mol. The van der Waals surface area contributed by atoms with Gasteiger partial charge >= 0.3 is 39.5 Å². The van der Waals surface area contributed by atoms with E-state index in [1.807, 2.05) is 0 Å². The molecule has 19 heteroatoms. The third-order valence-electron chi connectivity index (χ3n) is 18.0. The molecule has 0 aliphatic rings. The Morgan fingerprint density at radius 2 is 0.479 bits per heavy atom. The highest BCUT2D eigenvalue weighted by atomic mass is 31.2. The molecule has 0 rings (SSSR count). The zero-order valence-corrected chi connectivity index (χ0v) is 64.5. The smallest absolute Gasteiger partial charge is 0.462 e. The molecule has 0 heterocycles. The summed E-state index contributed by atoms with van der Waals surface area (Å²) in [5.41, 5.74) is 0. The number of phosphoric acid groups is 2. The standard InChI is InChI=1S/C77H150O17P2/c1-7-9-11-13-15-17-19-21-23-24-25-27-29-31-35-43-49-55-61-76(81)93-72(65-87-74(79)59-53-47-41-34-30-28-26-22-20-18-16-14-12-10-8-2)67-91-95(83,84)89-63-71(78)64-90-96(85,86)92-68-73(66-88-75(80)60-54-48-42-38-37-40-46-52-58-70(5)6)94-77(82)62-56-50-44-36-32-33-39-45-51-57-69(3)4/h69-73,78H,7-68H2,1-6H3,(H,83,84)(H,85,86)/t71-,72-,73-/m1/s1. The van der Waals surface area contributed by atoms with Crippen LogP contribution in [0.2, 0.25) is 0 Å². The lowest BCUT2D eigenvalue weighted by Gasteiger charge is -2.21. The summed E-state index contributed by atoms with van der Waals surface area (Å²) >= 11 is 0. The van der Waals surface area contributed by atoms with E-state index in [4.69, 9.17) is 37.0 Å². The lowest BCUT2D eigenvalue weighted by Crippen LogP contribution is -2.30. The Labute approximate surface area is 588 Å². The van der Waals surface area contributed by atoms with Crippen molar-refractivity contribution in [3.05, 3.63) is 0 Å². The van der Waals surface area contributed by atoms with Crippen molar-refractivity contribution in [2.45, 2.75) is 419 Å². The van der Waals surface area contributed by atoms with Crippen molar-refractivity contribution in [1.82, 2.24) is 0 Å². The first kappa shape index (κ1) is 94.1. The van der Waals surface area contributed by atoms with Gasteiger partial charge < -0.3 is 33.8 Å². The van der Waals surface area contributed by atoms with Gasteiger partial charge in [0.15, 0.2) is 12.2 Å². The van der Waals surface area contributed by atoms with Crippen molar-refractivity contribution in [1.29, 1.82) is 0 Å². The SMILES string of the molecule is CCCCCCCCCCCCCCCCCCCCC(=O)O[C@H](COC(=O)CCCCCCCCCCCCCCCCC)COP(=O)(O)OC[C@@H](O)COP(=O)(O)OC[C@@H](COC(=O)CCCCCCCCCCC(C)C)OC(=O)CCCCCCCCCCCC(C)C. The van der Waals surface area contributed by atoms with E-state index in [9.17, 15) is 43.2 Å². The maximum absolute atomic E-state index is 13.1. The minimum absolute atomic E-state index is 0.105. The van der Waals surface area contributed by atoms with Crippen molar-refractivity contribution in [3.63, 3.8) is 0 Å². The molecule has 0 saturated carbocycles. The average molecular weight is 1410 g/mol. The van der Waals surface area contributed by atoms with Crippen LogP contribution < -0.4 is 0 Å². The van der Waals surface area contributed by atoms with Crippen molar-refractivity contribution < 1.29 is 80.2 Å². The van der Waals surface area contributed by atoms with Crippen molar-refractivity contribution in [3.8, 4) is 0 Å². The Bertz CT molecular complexity index is 1860. The molecule has 0 aromatic carbocycles. The van der Waals surface area contributed by atoms with Gasteiger partial charge in [-0.05, 0) is 37.5 Å². The number of aliphatic hydroxyl groups excluding tert-OH is 1. The Morgan fingerprint density at radius 1 is 0.281 bits per heavy atom. The maximum atomic E-state index is 13.1.